The summed E-state index contributed by atoms with van der Waals surface area (Å²) in [7, 11) is 0. The number of carboxylic acids is 1. The highest BCUT2D eigenvalue weighted by Crippen LogP contribution is 2.18. The molecular weight excluding hydrogens is 498 g/mol. The molecule has 0 aliphatic carbocycles. The number of hydrogen-bond acceptors (Lipinski definition) is 7. The average molecular weight is 532 g/mol. The first kappa shape index (κ1) is 29.6. The first-order valence-corrected chi connectivity index (χ1v) is 11.7. The van der Waals surface area contributed by atoms with E-state index in [0.717, 1.165) is 16.5 Å². The van der Waals surface area contributed by atoms with Gasteiger partial charge in [-0.1, -0.05) is 18.2 Å². The second-order valence-corrected chi connectivity index (χ2v) is 8.53. The fourth-order valence-electron chi connectivity index (χ4n) is 3.62. The van der Waals surface area contributed by atoms with Gasteiger partial charge in [-0.25, -0.2) is 4.79 Å². The number of hydrogen-bond donors (Lipinski definition) is 9. The van der Waals surface area contributed by atoms with E-state index < -0.39 is 60.7 Å². The number of H-pyrrole nitrogens is 1. The van der Waals surface area contributed by atoms with Crippen LogP contribution in [0.1, 0.15) is 24.8 Å². The minimum Gasteiger partial charge on any atom is -0.480 e. The Morgan fingerprint density at radius 1 is 1.00 bits per heavy atom. The summed E-state index contributed by atoms with van der Waals surface area (Å²) in [5, 5.41) is 17.2. The van der Waals surface area contributed by atoms with Crippen LogP contribution < -0.4 is 38.9 Å². The molecule has 3 atom stereocenters. The molecule has 2 aromatic rings. The second kappa shape index (κ2) is 14.2. The van der Waals surface area contributed by atoms with Crippen molar-refractivity contribution in [2.45, 2.75) is 43.8 Å². The summed E-state index contributed by atoms with van der Waals surface area (Å²) in [6, 6.07) is 3.81. The van der Waals surface area contributed by atoms with Crippen LogP contribution in [0.4, 0.5) is 0 Å². The lowest BCUT2D eigenvalue weighted by Gasteiger charge is -2.21. The second-order valence-electron chi connectivity index (χ2n) is 8.53. The fraction of sp³-hybridized carbons (Fsp3) is 0.391. The van der Waals surface area contributed by atoms with Crippen molar-refractivity contribution in [3.8, 4) is 0 Å². The SMILES string of the molecule is NC(=O)CC(NC(=O)C(CCCN=C(N)N)NC(=O)CNC(=O)C(N)Cc1c[nH]c2ccccc12)C(=O)O. The smallest absolute Gasteiger partial charge is 0.326 e. The molecule has 1 heterocycles. The Morgan fingerprint density at radius 2 is 1.71 bits per heavy atom. The van der Waals surface area contributed by atoms with Crippen LogP contribution in [0.2, 0.25) is 0 Å². The average Bonchev–Trinajstić information content (AvgIpc) is 3.26. The summed E-state index contributed by atoms with van der Waals surface area (Å²) in [6.07, 6.45) is 1.64. The number of aliphatic imine (C=N–C) groups is 1. The first-order valence-electron chi connectivity index (χ1n) is 11.7. The molecule has 4 amide bonds. The van der Waals surface area contributed by atoms with Gasteiger partial charge in [0.05, 0.1) is 19.0 Å². The van der Waals surface area contributed by atoms with Crippen LogP contribution in [-0.2, 0) is 30.4 Å². The van der Waals surface area contributed by atoms with Gasteiger partial charge in [-0.2, -0.15) is 0 Å². The largest absolute Gasteiger partial charge is 0.480 e. The Hall–Kier alpha value is -4.66. The van der Waals surface area contributed by atoms with Crippen molar-refractivity contribution in [3.63, 3.8) is 0 Å². The number of carbonyl (C=O) groups excluding carboxylic acids is 4. The zero-order chi connectivity index (χ0) is 28.2. The number of guanidine groups is 1. The molecule has 0 spiro atoms. The monoisotopic (exact) mass is 531 g/mol. The highest BCUT2D eigenvalue weighted by Gasteiger charge is 2.28. The van der Waals surface area contributed by atoms with Gasteiger partial charge in [0.2, 0.25) is 23.6 Å². The van der Waals surface area contributed by atoms with Crippen LogP contribution >= 0.6 is 0 Å². The Balaban J connectivity index is 1.96. The van der Waals surface area contributed by atoms with Crippen LogP contribution in [0.5, 0.6) is 0 Å². The number of amides is 4. The van der Waals surface area contributed by atoms with Crippen molar-refractivity contribution in [1.82, 2.24) is 20.9 Å². The number of fused-ring (bicyclic) bond motifs is 1. The van der Waals surface area contributed by atoms with E-state index in [-0.39, 0.29) is 31.8 Å². The lowest BCUT2D eigenvalue weighted by Crippen LogP contribution is -2.54. The number of nitrogens with two attached hydrogens (primary N) is 4. The van der Waals surface area contributed by atoms with Gasteiger partial charge in [0.15, 0.2) is 5.96 Å². The zero-order valence-electron chi connectivity index (χ0n) is 20.6. The third kappa shape index (κ3) is 9.42. The van der Waals surface area contributed by atoms with E-state index in [9.17, 15) is 29.1 Å². The highest BCUT2D eigenvalue weighted by molar-refractivity contribution is 5.94. The molecule has 38 heavy (non-hydrogen) atoms. The van der Waals surface area contributed by atoms with Gasteiger partial charge in [0, 0.05) is 23.6 Å². The summed E-state index contributed by atoms with van der Waals surface area (Å²) in [6.45, 7) is -0.340. The number of nitrogens with one attached hydrogen (secondary N) is 4. The molecule has 0 aliphatic heterocycles. The molecule has 3 unspecified atom stereocenters. The van der Waals surface area contributed by atoms with Crippen molar-refractivity contribution in [1.29, 1.82) is 0 Å². The molecule has 13 N–H and O–H groups in total. The molecule has 0 aliphatic rings. The summed E-state index contributed by atoms with van der Waals surface area (Å²) in [4.78, 5) is 67.1. The molecule has 15 heteroatoms. The number of para-hydroxylation sites is 1. The predicted molar refractivity (Wildman–Crippen MR) is 138 cm³/mol. The lowest BCUT2D eigenvalue weighted by molar-refractivity contribution is -0.143. The maximum absolute atomic E-state index is 12.7. The maximum atomic E-state index is 12.7. The minimum atomic E-state index is -1.58. The number of carboxylic acid groups (broad SMARTS) is 1. The summed E-state index contributed by atoms with van der Waals surface area (Å²) < 4.78 is 0. The van der Waals surface area contributed by atoms with Gasteiger partial charge in [-0.05, 0) is 30.9 Å². The molecule has 2 rings (SSSR count). The number of rotatable bonds is 15. The quantitative estimate of drug-likeness (QED) is 0.0648. The van der Waals surface area contributed by atoms with Crippen LogP contribution in [0.25, 0.3) is 10.9 Å². The van der Waals surface area contributed by atoms with E-state index in [2.05, 4.69) is 25.9 Å². The number of aromatic nitrogens is 1. The maximum Gasteiger partial charge on any atom is 0.326 e. The number of primary amides is 1. The van der Waals surface area contributed by atoms with Gasteiger partial charge in [0.1, 0.15) is 12.1 Å². The standard InChI is InChI=1S/C23H33N9O6/c24-14(8-12-10-29-15-5-2-1-4-13(12)15)20(35)30-11-19(34)31-16(6-3-7-28-23(26)27)21(36)32-17(22(37)38)9-18(25)33/h1-2,4-5,10,14,16-17,29H,3,6-9,11,24H2,(H2,25,33)(H,30,35)(H,31,34)(H,32,36)(H,37,38)(H4,26,27,28). The summed E-state index contributed by atoms with van der Waals surface area (Å²) in [5.74, 6) is -4.72. The van der Waals surface area contributed by atoms with Gasteiger partial charge in [0.25, 0.3) is 0 Å². The van der Waals surface area contributed by atoms with E-state index in [1.54, 1.807) is 6.20 Å². The van der Waals surface area contributed by atoms with Crippen molar-refractivity contribution in [2.24, 2.45) is 27.9 Å². The van der Waals surface area contributed by atoms with E-state index in [1.807, 2.05) is 24.3 Å². The van der Waals surface area contributed by atoms with Crippen LogP contribution in [0.3, 0.4) is 0 Å². The zero-order valence-corrected chi connectivity index (χ0v) is 20.6. The van der Waals surface area contributed by atoms with Crippen molar-refractivity contribution in [3.05, 3.63) is 36.0 Å². The molecular formula is C23H33N9O6. The molecule has 0 radical (unpaired) electrons. The number of nitrogens with zero attached hydrogens (tertiary/aromatic N) is 1. The van der Waals surface area contributed by atoms with Crippen molar-refractivity contribution in [2.75, 3.05) is 13.1 Å². The van der Waals surface area contributed by atoms with Crippen molar-refractivity contribution >= 4 is 46.5 Å². The number of benzene rings is 1. The highest BCUT2D eigenvalue weighted by atomic mass is 16.4. The topological polar surface area (TPSA) is 274 Å². The third-order valence-electron chi connectivity index (χ3n) is 5.49. The van der Waals surface area contributed by atoms with Crippen LogP contribution in [0.15, 0.2) is 35.5 Å². The number of aromatic amines is 1. The van der Waals surface area contributed by atoms with Gasteiger partial charge >= 0.3 is 5.97 Å². The van der Waals surface area contributed by atoms with Gasteiger partial charge in [-0.3, -0.25) is 24.2 Å². The van der Waals surface area contributed by atoms with Crippen molar-refractivity contribution < 1.29 is 29.1 Å². The normalized spacial score (nSPS) is 13.1. The summed E-state index contributed by atoms with van der Waals surface area (Å²) in [5.41, 5.74) is 23.3. The van der Waals surface area contributed by atoms with Crippen LogP contribution in [-0.4, -0.2) is 76.9 Å². The van der Waals surface area contributed by atoms with E-state index in [0.29, 0.717) is 0 Å². The number of aliphatic carboxylic acids is 1. The molecule has 0 bridgehead atoms. The van der Waals surface area contributed by atoms with E-state index in [4.69, 9.17) is 22.9 Å². The number of carbonyl (C=O) groups is 5. The lowest BCUT2D eigenvalue weighted by atomic mass is 10.1. The van der Waals surface area contributed by atoms with E-state index in [1.165, 1.54) is 0 Å². The van der Waals surface area contributed by atoms with Gasteiger partial charge in [-0.15, -0.1) is 0 Å². The third-order valence-corrected chi connectivity index (χ3v) is 5.49. The molecule has 1 aromatic carbocycles. The predicted octanol–water partition coefficient (Wildman–Crippen LogP) is -2.86. The molecule has 0 fully saturated rings. The minimum absolute atomic E-state index is 0.0330. The Bertz CT molecular complexity index is 1190. The molecule has 0 saturated carbocycles. The fourth-order valence-corrected chi connectivity index (χ4v) is 3.62. The molecule has 206 valence electrons. The Kier molecular flexibility index (Phi) is 11.0. The molecule has 1 aromatic heterocycles. The Labute approximate surface area is 217 Å². The Morgan fingerprint density at radius 3 is 2.37 bits per heavy atom. The van der Waals surface area contributed by atoms with Gasteiger partial charge < -0.3 is 49.0 Å². The van der Waals surface area contributed by atoms with Crippen LogP contribution in [0, 0.1) is 0 Å². The molecule has 15 nitrogen and oxygen atoms in total. The summed E-state index contributed by atoms with van der Waals surface area (Å²) >= 11 is 0. The molecule has 0 saturated heterocycles. The van der Waals surface area contributed by atoms with E-state index >= 15 is 0 Å². The first-order chi connectivity index (χ1) is 18.0.